The summed E-state index contributed by atoms with van der Waals surface area (Å²) < 4.78 is 27.5. The van der Waals surface area contributed by atoms with Crippen LogP contribution in [0, 0.1) is 11.6 Å². The van der Waals surface area contributed by atoms with Crippen molar-refractivity contribution in [2.45, 2.75) is 6.54 Å². The molecule has 0 unspecified atom stereocenters. The van der Waals surface area contributed by atoms with Gasteiger partial charge in [-0.15, -0.1) is 0 Å². The maximum absolute atomic E-state index is 13.9. The van der Waals surface area contributed by atoms with Crippen molar-refractivity contribution >= 4 is 40.6 Å². The van der Waals surface area contributed by atoms with Crippen molar-refractivity contribution in [2.24, 2.45) is 0 Å². The summed E-state index contributed by atoms with van der Waals surface area (Å²) >= 11 is 6.61. The van der Waals surface area contributed by atoms with E-state index >= 15 is 0 Å². The minimum absolute atomic E-state index is 0.0635. The van der Waals surface area contributed by atoms with Gasteiger partial charge in [-0.3, -0.25) is 14.5 Å². The highest BCUT2D eigenvalue weighted by atomic mass is 35.5. The topological polar surface area (TPSA) is 37.4 Å². The summed E-state index contributed by atoms with van der Waals surface area (Å²) in [6.45, 7) is -0.273. The zero-order valence-electron chi connectivity index (χ0n) is 12.1. The van der Waals surface area contributed by atoms with E-state index in [1.807, 2.05) is 0 Å². The van der Waals surface area contributed by atoms with E-state index in [0.717, 1.165) is 4.90 Å². The number of amides is 2. The van der Waals surface area contributed by atoms with Gasteiger partial charge in [-0.25, -0.2) is 8.78 Å². The van der Waals surface area contributed by atoms with Gasteiger partial charge in [0.25, 0.3) is 11.1 Å². The summed E-state index contributed by atoms with van der Waals surface area (Å²) in [6.07, 6.45) is 1.31. The molecule has 3 nitrogen and oxygen atoms in total. The zero-order valence-corrected chi connectivity index (χ0v) is 13.7. The van der Waals surface area contributed by atoms with Gasteiger partial charge < -0.3 is 0 Å². The van der Waals surface area contributed by atoms with Gasteiger partial charge in [0.05, 0.1) is 11.4 Å². The molecule has 0 spiro atoms. The van der Waals surface area contributed by atoms with Gasteiger partial charge in [-0.1, -0.05) is 35.9 Å². The predicted molar refractivity (Wildman–Crippen MR) is 89.3 cm³/mol. The second kappa shape index (κ2) is 6.75. The SMILES string of the molecule is O=C1S/C(=C/c2ccccc2F)C(=O)N1Cc1c(F)cccc1Cl. The van der Waals surface area contributed by atoms with Crippen LogP contribution in [0.1, 0.15) is 11.1 Å². The van der Waals surface area contributed by atoms with E-state index in [9.17, 15) is 18.4 Å². The van der Waals surface area contributed by atoms with Gasteiger partial charge in [0.15, 0.2) is 0 Å². The monoisotopic (exact) mass is 365 g/mol. The molecule has 7 heteroatoms. The summed E-state index contributed by atoms with van der Waals surface area (Å²) in [7, 11) is 0. The van der Waals surface area contributed by atoms with Crippen LogP contribution in [0.3, 0.4) is 0 Å². The Balaban J connectivity index is 1.89. The molecule has 0 radical (unpaired) electrons. The molecule has 0 bridgehead atoms. The molecule has 2 aromatic rings. The number of nitrogens with zero attached hydrogens (tertiary/aromatic N) is 1. The zero-order chi connectivity index (χ0) is 17.3. The molecule has 0 aromatic heterocycles. The van der Waals surface area contributed by atoms with Gasteiger partial charge in [-0.2, -0.15) is 0 Å². The van der Waals surface area contributed by atoms with Crippen molar-refractivity contribution in [3.63, 3.8) is 0 Å². The van der Waals surface area contributed by atoms with Crippen molar-refractivity contribution in [1.82, 2.24) is 4.90 Å². The number of imide groups is 1. The van der Waals surface area contributed by atoms with Crippen molar-refractivity contribution in [1.29, 1.82) is 0 Å². The molecule has 0 saturated carbocycles. The van der Waals surface area contributed by atoms with Crippen LogP contribution < -0.4 is 0 Å². The lowest BCUT2D eigenvalue weighted by Gasteiger charge is -2.14. The first-order valence-electron chi connectivity index (χ1n) is 6.90. The standard InChI is InChI=1S/C17H10ClF2NO2S/c18-12-5-3-7-14(20)11(12)9-21-16(22)15(24-17(21)23)8-10-4-1-2-6-13(10)19/h1-8H,9H2/b15-8+. The number of rotatable bonds is 3. The molecule has 1 saturated heterocycles. The second-order valence-corrected chi connectivity index (χ2v) is 6.39. The molecule has 1 aliphatic rings. The van der Waals surface area contributed by atoms with E-state index in [1.54, 1.807) is 6.07 Å². The van der Waals surface area contributed by atoms with Gasteiger partial charge in [0.1, 0.15) is 11.6 Å². The third-order valence-electron chi connectivity index (χ3n) is 3.44. The maximum atomic E-state index is 13.9. The molecule has 24 heavy (non-hydrogen) atoms. The normalized spacial score (nSPS) is 16.3. The van der Waals surface area contributed by atoms with E-state index in [4.69, 9.17) is 11.6 Å². The number of hydrogen-bond acceptors (Lipinski definition) is 3. The third kappa shape index (κ3) is 3.20. The number of benzene rings is 2. The fraction of sp³-hybridized carbons (Fsp3) is 0.0588. The van der Waals surface area contributed by atoms with Crippen LogP contribution in [0.2, 0.25) is 5.02 Å². The van der Waals surface area contributed by atoms with Crippen molar-refractivity contribution < 1.29 is 18.4 Å². The number of thioether (sulfide) groups is 1. The van der Waals surface area contributed by atoms with Crippen molar-refractivity contribution in [2.75, 3.05) is 0 Å². The second-order valence-electron chi connectivity index (χ2n) is 4.99. The lowest BCUT2D eigenvalue weighted by Crippen LogP contribution is -2.28. The van der Waals surface area contributed by atoms with Crippen LogP contribution in [0.5, 0.6) is 0 Å². The lowest BCUT2D eigenvalue weighted by atomic mass is 10.2. The quantitative estimate of drug-likeness (QED) is 0.729. The highest BCUT2D eigenvalue weighted by Gasteiger charge is 2.36. The Bertz CT molecular complexity index is 849. The largest absolute Gasteiger partial charge is 0.293 e. The minimum Gasteiger partial charge on any atom is -0.268 e. The molecule has 3 rings (SSSR count). The Morgan fingerprint density at radius 2 is 1.75 bits per heavy atom. The number of carbonyl (C=O) groups excluding carboxylic acids is 2. The van der Waals surface area contributed by atoms with Gasteiger partial charge in [0, 0.05) is 16.1 Å². The first-order valence-corrected chi connectivity index (χ1v) is 8.09. The van der Waals surface area contributed by atoms with E-state index in [2.05, 4.69) is 0 Å². The van der Waals surface area contributed by atoms with Gasteiger partial charge >= 0.3 is 0 Å². The average Bonchev–Trinajstić information content (AvgIpc) is 2.80. The summed E-state index contributed by atoms with van der Waals surface area (Å²) in [4.78, 5) is 25.4. The Hall–Kier alpha value is -2.18. The first-order chi connectivity index (χ1) is 11.5. The van der Waals surface area contributed by atoms with Gasteiger partial charge in [0.2, 0.25) is 0 Å². The third-order valence-corrected chi connectivity index (χ3v) is 4.70. The first kappa shape index (κ1) is 16.7. The molecule has 2 amide bonds. The predicted octanol–water partition coefficient (Wildman–Crippen LogP) is 4.85. The molecule has 1 fully saturated rings. The van der Waals surface area contributed by atoms with Crippen LogP contribution in [0.4, 0.5) is 13.6 Å². The Labute approximate surface area is 145 Å². The van der Waals surface area contributed by atoms with Crippen LogP contribution >= 0.6 is 23.4 Å². The Morgan fingerprint density at radius 1 is 1.04 bits per heavy atom. The molecule has 0 atom stereocenters. The molecule has 2 aromatic carbocycles. The van der Waals surface area contributed by atoms with E-state index in [1.165, 1.54) is 42.5 Å². The van der Waals surface area contributed by atoms with E-state index in [0.29, 0.717) is 11.8 Å². The van der Waals surface area contributed by atoms with Crippen LogP contribution in [-0.2, 0) is 11.3 Å². The molecule has 0 N–H and O–H groups in total. The van der Waals surface area contributed by atoms with Gasteiger partial charge in [-0.05, 0) is 36.0 Å². The minimum atomic E-state index is -0.604. The molecule has 1 aliphatic heterocycles. The average molecular weight is 366 g/mol. The molecular formula is C17H10ClF2NO2S. The summed E-state index contributed by atoms with van der Waals surface area (Å²) in [5, 5.41) is -0.422. The van der Waals surface area contributed by atoms with Crippen LogP contribution in [0.15, 0.2) is 47.4 Å². The number of carbonyl (C=O) groups is 2. The van der Waals surface area contributed by atoms with E-state index < -0.39 is 22.8 Å². The van der Waals surface area contributed by atoms with Crippen molar-refractivity contribution in [3.05, 3.63) is 75.2 Å². The number of halogens is 3. The fourth-order valence-corrected chi connectivity index (χ4v) is 3.26. The molecule has 1 heterocycles. The Kier molecular flexibility index (Phi) is 4.69. The van der Waals surface area contributed by atoms with E-state index in [-0.39, 0.29) is 27.6 Å². The summed E-state index contributed by atoms with van der Waals surface area (Å²) in [5.41, 5.74) is 0.264. The molecule has 0 aliphatic carbocycles. The molecule has 122 valence electrons. The smallest absolute Gasteiger partial charge is 0.268 e. The summed E-state index contributed by atoms with van der Waals surface area (Å²) in [5.74, 6) is -1.70. The van der Waals surface area contributed by atoms with Crippen LogP contribution in [-0.4, -0.2) is 16.0 Å². The Morgan fingerprint density at radius 3 is 2.46 bits per heavy atom. The fourth-order valence-electron chi connectivity index (χ4n) is 2.21. The van der Waals surface area contributed by atoms with Crippen LogP contribution in [0.25, 0.3) is 6.08 Å². The summed E-state index contributed by atoms with van der Waals surface area (Å²) in [6, 6.07) is 10.0. The lowest BCUT2D eigenvalue weighted by molar-refractivity contribution is -0.123. The highest BCUT2D eigenvalue weighted by molar-refractivity contribution is 8.18. The number of hydrogen-bond donors (Lipinski definition) is 0. The highest BCUT2D eigenvalue weighted by Crippen LogP contribution is 2.34. The van der Waals surface area contributed by atoms with Crippen molar-refractivity contribution in [3.8, 4) is 0 Å². The molecular weight excluding hydrogens is 356 g/mol. The maximum Gasteiger partial charge on any atom is 0.293 e.